The summed E-state index contributed by atoms with van der Waals surface area (Å²) in [6.07, 6.45) is 8.62. The average molecular weight is 416 g/mol. The van der Waals surface area contributed by atoms with Crippen LogP contribution in [0.25, 0.3) is 11.5 Å². The summed E-state index contributed by atoms with van der Waals surface area (Å²) >= 11 is 0. The Labute approximate surface area is 180 Å². The summed E-state index contributed by atoms with van der Waals surface area (Å²) in [5.74, 6) is 1.36. The summed E-state index contributed by atoms with van der Waals surface area (Å²) in [7, 11) is 1.99. The monoisotopic (exact) mass is 416 g/mol. The highest BCUT2D eigenvalue weighted by molar-refractivity contribution is 5.45. The molecule has 1 aliphatic rings. The quantitative estimate of drug-likeness (QED) is 0.490. The van der Waals surface area contributed by atoms with Crippen LogP contribution in [0.4, 0.5) is 0 Å². The topological polar surface area (TPSA) is 98.7 Å². The number of rotatable bonds is 5. The molecule has 5 heterocycles. The van der Waals surface area contributed by atoms with Gasteiger partial charge in [0.25, 0.3) is 0 Å². The number of nitrogens with zero attached hydrogens (tertiary/aromatic N) is 8. The molecule has 9 nitrogen and oxygen atoms in total. The van der Waals surface area contributed by atoms with E-state index in [1.165, 1.54) is 16.8 Å². The number of hydrogen-bond acceptors (Lipinski definition) is 8. The van der Waals surface area contributed by atoms with Gasteiger partial charge in [-0.1, -0.05) is 11.2 Å². The van der Waals surface area contributed by atoms with Crippen molar-refractivity contribution in [3.05, 3.63) is 71.5 Å². The molecular weight excluding hydrogens is 392 g/mol. The van der Waals surface area contributed by atoms with Crippen molar-refractivity contribution in [2.75, 3.05) is 13.1 Å². The largest absolute Gasteiger partial charge is 0.339 e. The van der Waals surface area contributed by atoms with E-state index in [4.69, 9.17) is 4.52 Å². The predicted octanol–water partition coefficient (Wildman–Crippen LogP) is 2.66. The molecule has 0 saturated carbocycles. The minimum Gasteiger partial charge on any atom is -0.339 e. The summed E-state index contributed by atoms with van der Waals surface area (Å²) in [6, 6.07) is 4.10. The molecule has 0 aromatic carbocycles. The predicted molar refractivity (Wildman–Crippen MR) is 113 cm³/mol. The van der Waals surface area contributed by atoms with Gasteiger partial charge >= 0.3 is 0 Å². The van der Waals surface area contributed by atoms with E-state index in [1.807, 2.05) is 24.0 Å². The van der Waals surface area contributed by atoms with Gasteiger partial charge in [0.05, 0.1) is 17.8 Å². The Morgan fingerprint density at radius 2 is 1.90 bits per heavy atom. The Bertz CT molecular complexity index is 1170. The zero-order chi connectivity index (χ0) is 21.4. The van der Waals surface area contributed by atoms with Gasteiger partial charge in [0.2, 0.25) is 11.7 Å². The first-order valence-electron chi connectivity index (χ1n) is 10.3. The van der Waals surface area contributed by atoms with E-state index in [0.717, 1.165) is 25.3 Å². The zero-order valence-electron chi connectivity index (χ0n) is 17.8. The molecule has 0 aliphatic carbocycles. The highest BCUT2D eigenvalue weighted by Gasteiger charge is 2.39. The first-order valence-corrected chi connectivity index (χ1v) is 10.3. The second-order valence-electron chi connectivity index (χ2n) is 8.01. The van der Waals surface area contributed by atoms with Crippen LogP contribution in [0.5, 0.6) is 0 Å². The molecule has 1 aliphatic heterocycles. The Morgan fingerprint density at radius 1 is 1.06 bits per heavy atom. The molecular formula is C22H24N8O. The maximum Gasteiger partial charge on any atom is 0.232 e. The number of hydrogen-bond donors (Lipinski definition) is 0. The van der Waals surface area contributed by atoms with E-state index in [9.17, 15) is 0 Å². The molecule has 2 unspecified atom stereocenters. The molecule has 0 radical (unpaired) electrons. The maximum atomic E-state index is 5.71. The first-order chi connectivity index (χ1) is 15.1. The van der Waals surface area contributed by atoms with Crippen molar-refractivity contribution >= 4 is 0 Å². The number of pyridine rings is 1. The second kappa shape index (κ2) is 7.99. The van der Waals surface area contributed by atoms with Crippen molar-refractivity contribution in [2.24, 2.45) is 7.05 Å². The fourth-order valence-electron chi connectivity index (χ4n) is 4.37. The van der Waals surface area contributed by atoms with Gasteiger partial charge in [-0.3, -0.25) is 19.5 Å². The lowest BCUT2D eigenvalue weighted by atomic mass is 9.90. The molecule has 0 N–H and O–H groups in total. The van der Waals surface area contributed by atoms with Crippen LogP contribution in [-0.2, 0) is 13.6 Å². The van der Waals surface area contributed by atoms with Gasteiger partial charge in [-0.2, -0.15) is 10.1 Å². The first kappa shape index (κ1) is 19.5. The fraction of sp³-hybridized carbons (Fsp3) is 0.364. The van der Waals surface area contributed by atoms with E-state index in [-0.39, 0.29) is 11.8 Å². The van der Waals surface area contributed by atoms with Crippen LogP contribution in [0.2, 0.25) is 0 Å². The Balaban J connectivity index is 1.45. The van der Waals surface area contributed by atoms with Crippen molar-refractivity contribution in [3.63, 3.8) is 0 Å². The number of likely N-dealkylation sites (tertiary alicyclic amines) is 1. The summed E-state index contributed by atoms with van der Waals surface area (Å²) in [5.41, 5.74) is 5.32. The SMILES string of the molecule is Cc1nn(C)c(C)c1CN1CC(c2cccnc2)C(c2nc(-c3cnccn3)no2)C1. The molecule has 9 heteroatoms. The van der Waals surface area contributed by atoms with Gasteiger partial charge in [0.15, 0.2) is 0 Å². The van der Waals surface area contributed by atoms with Gasteiger partial charge in [0, 0.05) is 68.6 Å². The van der Waals surface area contributed by atoms with Gasteiger partial charge in [-0.15, -0.1) is 0 Å². The molecule has 0 spiro atoms. The fourth-order valence-corrected chi connectivity index (χ4v) is 4.37. The van der Waals surface area contributed by atoms with E-state index in [1.54, 1.807) is 24.8 Å². The van der Waals surface area contributed by atoms with Crippen LogP contribution in [0.15, 0.2) is 47.6 Å². The van der Waals surface area contributed by atoms with Crippen molar-refractivity contribution in [2.45, 2.75) is 32.2 Å². The Morgan fingerprint density at radius 3 is 2.61 bits per heavy atom. The van der Waals surface area contributed by atoms with Crippen LogP contribution in [0.1, 0.15) is 40.2 Å². The van der Waals surface area contributed by atoms with E-state index >= 15 is 0 Å². The third-order valence-corrected chi connectivity index (χ3v) is 6.10. The molecule has 0 amide bonds. The molecule has 4 aromatic rings. The zero-order valence-corrected chi connectivity index (χ0v) is 17.8. The lowest BCUT2D eigenvalue weighted by Crippen LogP contribution is -2.21. The van der Waals surface area contributed by atoms with Gasteiger partial charge in [-0.05, 0) is 25.5 Å². The molecule has 2 atom stereocenters. The minimum atomic E-state index is 0.0689. The number of aryl methyl sites for hydroxylation is 2. The molecule has 158 valence electrons. The molecule has 5 rings (SSSR count). The molecule has 4 aromatic heterocycles. The third kappa shape index (κ3) is 3.72. The maximum absolute atomic E-state index is 5.71. The molecule has 0 bridgehead atoms. The Hall–Kier alpha value is -3.46. The molecule has 31 heavy (non-hydrogen) atoms. The van der Waals surface area contributed by atoms with Crippen LogP contribution in [0.3, 0.4) is 0 Å². The third-order valence-electron chi connectivity index (χ3n) is 6.10. The lowest BCUT2D eigenvalue weighted by Gasteiger charge is -2.16. The summed E-state index contributed by atoms with van der Waals surface area (Å²) in [4.78, 5) is 19.8. The summed E-state index contributed by atoms with van der Waals surface area (Å²) in [6.45, 7) is 6.72. The van der Waals surface area contributed by atoms with Crippen LogP contribution in [-0.4, -0.2) is 52.9 Å². The van der Waals surface area contributed by atoms with Gasteiger partial charge in [0.1, 0.15) is 5.69 Å². The number of aromatic nitrogens is 7. The highest BCUT2D eigenvalue weighted by Crippen LogP contribution is 2.40. The Kier molecular flexibility index (Phi) is 5.03. The standard InChI is InChI=1S/C22H24N8O/c1-14-17(15(2)29(3)27-14)11-30-12-18(16-5-4-6-23-9-16)19(13-30)22-26-21(28-31-22)20-10-24-7-8-25-20/h4-10,18-19H,11-13H2,1-3H3. The van der Waals surface area contributed by atoms with Crippen molar-refractivity contribution in [1.82, 2.24) is 39.8 Å². The summed E-state index contributed by atoms with van der Waals surface area (Å²) < 4.78 is 7.66. The van der Waals surface area contributed by atoms with Gasteiger partial charge in [-0.25, -0.2) is 4.98 Å². The van der Waals surface area contributed by atoms with E-state index in [0.29, 0.717) is 17.4 Å². The van der Waals surface area contributed by atoms with Crippen LogP contribution in [0, 0.1) is 13.8 Å². The molecule has 1 saturated heterocycles. The average Bonchev–Trinajstić information content (AvgIpc) is 3.50. The normalized spacial score (nSPS) is 19.2. The van der Waals surface area contributed by atoms with Crippen molar-refractivity contribution in [1.29, 1.82) is 0 Å². The minimum absolute atomic E-state index is 0.0689. The van der Waals surface area contributed by atoms with E-state index < -0.39 is 0 Å². The lowest BCUT2D eigenvalue weighted by molar-refractivity contribution is 0.308. The van der Waals surface area contributed by atoms with E-state index in [2.05, 4.69) is 55.0 Å². The van der Waals surface area contributed by atoms with Crippen LogP contribution >= 0.6 is 0 Å². The van der Waals surface area contributed by atoms with Crippen molar-refractivity contribution < 1.29 is 4.52 Å². The van der Waals surface area contributed by atoms with Crippen molar-refractivity contribution in [3.8, 4) is 11.5 Å². The highest BCUT2D eigenvalue weighted by atomic mass is 16.5. The second-order valence-corrected chi connectivity index (χ2v) is 8.01. The molecule has 1 fully saturated rings. The smallest absolute Gasteiger partial charge is 0.232 e. The summed E-state index contributed by atoms with van der Waals surface area (Å²) in [5, 5.41) is 8.73. The van der Waals surface area contributed by atoms with Crippen LogP contribution < -0.4 is 0 Å². The van der Waals surface area contributed by atoms with Gasteiger partial charge < -0.3 is 4.52 Å².